The Morgan fingerprint density at radius 3 is 2.29 bits per heavy atom. The Kier molecular flexibility index (Phi) is 6.47. The van der Waals surface area contributed by atoms with Crippen molar-refractivity contribution < 1.29 is 14.3 Å². The SMILES string of the molecule is COC(=O)C1(NC(=O)C2CCC(N)C2)CCC(C)CC1.Cl. The lowest BCUT2D eigenvalue weighted by molar-refractivity contribution is -0.153. The van der Waals surface area contributed by atoms with E-state index < -0.39 is 5.54 Å². The Bertz CT molecular complexity index is 381. The summed E-state index contributed by atoms with van der Waals surface area (Å²) in [6.45, 7) is 2.18. The first-order chi connectivity index (χ1) is 9.47. The fourth-order valence-corrected chi connectivity index (χ4v) is 3.42. The van der Waals surface area contributed by atoms with Gasteiger partial charge in [0.2, 0.25) is 5.91 Å². The number of carbonyl (C=O) groups is 2. The largest absolute Gasteiger partial charge is 0.467 e. The van der Waals surface area contributed by atoms with Crippen molar-refractivity contribution in [2.45, 2.75) is 63.5 Å². The minimum Gasteiger partial charge on any atom is -0.467 e. The molecule has 0 aliphatic heterocycles. The molecule has 2 fully saturated rings. The van der Waals surface area contributed by atoms with E-state index in [2.05, 4.69) is 12.2 Å². The normalized spacial score (nSPS) is 35.7. The van der Waals surface area contributed by atoms with Crippen LogP contribution < -0.4 is 11.1 Å². The molecule has 0 spiro atoms. The van der Waals surface area contributed by atoms with Crippen LogP contribution in [0.1, 0.15) is 51.9 Å². The molecule has 122 valence electrons. The van der Waals surface area contributed by atoms with Crippen LogP contribution in [-0.4, -0.2) is 30.6 Å². The summed E-state index contributed by atoms with van der Waals surface area (Å²) in [4.78, 5) is 24.5. The van der Waals surface area contributed by atoms with E-state index in [9.17, 15) is 9.59 Å². The molecule has 3 N–H and O–H groups in total. The molecule has 1 amide bonds. The van der Waals surface area contributed by atoms with Gasteiger partial charge in [-0.15, -0.1) is 12.4 Å². The lowest BCUT2D eigenvalue weighted by Crippen LogP contribution is -2.57. The minimum absolute atomic E-state index is 0. The molecular formula is C15H27ClN2O3. The molecule has 0 heterocycles. The smallest absolute Gasteiger partial charge is 0.331 e. The zero-order valence-electron chi connectivity index (χ0n) is 12.9. The molecule has 0 aromatic rings. The van der Waals surface area contributed by atoms with Gasteiger partial charge in [-0.05, 0) is 50.9 Å². The zero-order valence-corrected chi connectivity index (χ0v) is 13.7. The van der Waals surface area contributed by atoms with Crippen LogP contribution in [0.2, 0.25) is 0 Å². The van der Waals surface area contributed by atoms with Crippen molar-refractivity contribution in [3.05, 3.63) is 0 Å². The Hall–Kier alpha value is -0.810. The van der Waals surface area contributed by atoms with E-state index in [1.807, 2.05) is 0 Å². The Morgan fingerprint density at radius 2 is 1.81 bits per heavy atom. The maximum absolute atomic E-state index is 12.4. The van der Waals surface area contributed by atoms with Crippen molar-refractivity contribution in [1.29, 1.82) is 0 Å². The molecule has 0 saturated heterocycles. The molecule has 0 bridgehead atoms. The molecular weight excluding hydrogens is 292 g/mol. The standard InChI is InChI=1S/C15H26N2O3.ClH/c1-10-5-7-15(8-6-10,14(19)20-2)17-13(18)11-3-4-12(16)9-11;/h10-12H,3-9,16H2,1-2H3,(H,17,18);1H. The Labute approximate surface area is 132 Å². The fraction of sp³-hybridized carbons (Fsp3) is 0.867. The van der Waals surface area contributed by atoms with Crippen LogP contribution in [-0.2, 0) is 14.3 Å². The topological polar surface area (TPSA) is 81.4 Å². The number of nitrogens with two attached hydrogens (primary N) is 1. The van der Waals surface area contributed by atoms with Gasteiger partial charge in [0.15, 0.2) is 0 Å². The number of nitrogens with one attached hydrogen (secondary N) is 1. The molecule has 2 aliphatic carbocycles. The molecule has 21 heavy (non-hydrogen) atoms. The number of amides is 1. The first kappa shape index (κ1) is 18.2. The van der Waals surface area contributed by atoms with Gasteiger partial charge in [-0.2, -0.15) is 0 Å². The van der Waals surface area contributed by atoms with E-state index in [1.54, 1.807) is 0 Å². The summed E-state index contributed by atoms with van der Waals surface area (Å²) in [5, 5.41) is 3.00. The second kappa shape index (κ2) is 7.45. The predicted molar refractivity (Wildman–Crippen MR) is 83.1 cm³/mol. The van der Waals surface area contributed by atoms with Gasteiger partial charge in [0.1, 0.15) is 5.54 Å². The van der Waals surface area contributed by atoms with Crippen LogP contribution >= 0.6 is 12.4 Å². The van der Waals surface area contributed by atoms with Crippen molar-refractivity contribution in [1.82, 2.24) is 5.32 Å². The van der Waals surface area contributed by atoms with Crippen LogP contribution in [0, 0.1) is 11.8 Å². The summed E-state index contributed by atoms with van der Waals surface area (Å²) in [5.74, 6) is 0.216. The summed E-state index contributed by atoms with van der Waals surface area (Å²) in [6.07, 6.45) is 5.66. The summed E-state index contributed by atoms with van der Waals surface area (Å²) in [6, 6.07) is 0.117. The molecule has 0 radical (unpaired) electrons. The number of carbonyl (C=O) groups excluding carboxylic acids is 2. The Morgan fingerprint density at radius 1 is 1.19 bits per heavy atom. The first-order valence-electron chi connectivity index (χ1n) is 7.63. The molecule has 2 unspecified atom stereocenters. The lowest BCUT2D eigenvalue weighted by Gasteiger charge is -2.38. The monoisotopic (exact) mass is 318 g/mol. The maximum atomic E-state index is 12.4. The average Bonchev–Trinajstić information content (AvgIpc) is 2.87. The molecule has 6 heteroatoms. The van der Waals surface area contributed by atoms with Gasteiger partial charge >= 0.3 is 5.97 Å². The van der Waals surface area contributed by atoms with Gasteiger partial charge < -0.3 is 15.8 Å². The predicted octanol–water partition coefficient (Wildman–Crippen LogP) is 1.77. The second-order valence-corrected chi connectivity index (χ2v) is 6.52. The van der Waals surface area contributed by atoms with Gasteiger partial charge in [-0.25, -0.2) is 4.79 Å². The Balaban J connectivity index is 0.00000220. The van der Waals surface area contributed by atoms with Gasteiger partial charge in [-0.3, -0.25) is 4.79 Å². The zero-order chi connectivity index (χ0) is 14.8. The van der Waals surface area contributed by atoms with E-state index >= 15 is 0 Å². The average molecular weight is 319 g/mol. The van der Waals surface area contributed by atoms with Crippen LogP contribution in [0.25, 0.3) is 0 Å². The lowest BCUT2D eigenvalue weighted by atomic mass is 9.76. The van der Waals surface area contributed by atoms with Crippen molar-refractivity contribution in [2.24, 2.45) is 17.6 Å². The molecule has 2 atom stereocenters. The van der Waals surface area contributed by atoms with Crippen LogP contribution in [0.5, 0.6) is 0 Å². The van der Waals surface area contributed by atoms with Crippen molar-refractivity contribution in [3.63, 3.8) is 0 Å². The third-order valence-corrected chi connectivity index (χ3v) is 4.91. The van der Waals surface area contributed by atoms with Crippen molar-refractivity contribution >= 4 is 24.3 Å². The van der Waals surface area contributed by atoms with E-state index in [4.69, 9.17) is 10.5 Å². The molecule has 2 saturated carbocycles. The number of methoxy groups -OCH3 is 1. The number of ether oxygens (including phenoxy) is 1. The number of esters is 1. The summed E-state index contributed by atoms with van der Waals surface area (Å²) >= 11 is 0. The van der Waals surface area contributed by atoms with E-state index in [1.165, 1.54) is 7.11 Å². The highest BCUT2D eigenvalue weighted by Gasteiger charge is 2.44. The number of halogens is 1. The molecule has 5 nitrogen and oxygen atoms in total. The molecule has 2 rings (SSSR count). The van der Waals surface area contributed by atoms with Crippen LogP contribution in [0.15, 0.2) is 0 Å². The number of hydrogen-bond acceptors (Lipinski definition) is 4. The van der Waals surface area contributed by atoms with Crippen molar-refractivity contribution in [3.8, 4) is 0 Å². The molecule has 2 aliphatic rings. The fourth-order valence-electron chi connectivity index (χ4n) is 3.42. The highest BCUT2D eigenvalue weighted by molar-refractivity contribution is 5.89. The highest BCUT2D eigenvalue weighted by Crippen LogP contribution is 2.34. The van der Waals surface area contributed by atoms with E-state index in [0.29, 0.717) is 18.8 Å². The van der Waals surface area contributed by atoms with Gasteiger partial charge in [0.25, 0.3) is 0 Å². The quantitative estimate of drug-likeness (QED) is 0.777. The first-order valence-corrected chi connectivity index (χ1v) is 7.63. The highest BCUT2D eigenvalue weighted by atomic mass is 35.5. The van der Waals surface area contributed by atoms with Gasteiger partial charge in [0, 0.05) is 12.0 Å². The summed E-state index contributed by atoms with van der Waals surface area (Å²) in [7, 11) is 1.39. The third-order valence-electron chi connectivity index (χ3n) is 4.91. The second-order valence-electron chi connectivity index (χ2n) is 6.52. The van der Waals surface area contributed by atoms with Crippen molar-refractivity contribution in [2.75, 3.05) is 7.11 Å². The molecule has 0 aromatic heterocycles. The van der Waals surface area contributed by atoms with E-state index in [-0.39, 0.29) is 36.2 Å². The molecule has 0 aromatic carbocycles. The van der Waals surface area contributed by atoms with Crippen LogP contribution in [0.3, 0.4) is 0 Å². The number of hydrogen-bond donors (Lipinski definition) is 2. The third kappa shape index (κ3) is 4.10. The van der Waals surface area contributed by atoms with Gasteiger partial charge in [0.05, 0.1) is 7.11 Å². The van der Waals surface area contributed by atoms with E-state index in [0.717, 1.165) is 32.1 Å². The number of rotatable bonds is 3. The maximum Gasteiger partial charge on any atom is 0.331 e. The minimum atomic E-state index is -0.814. The van der Waals surface area contributed by atoms with Crippen LogP contribution in [0.4, 0.5) is 0 Å². The van der Waals surface area contributed by atoms with Gasteiger partial charge in [-0.1, -0.05) is 6.92 Å². The summed E-state index contributed by atoms with van der Waals surface area (Å²) < 4.78 is 4.93. The summed E-state index contributed by atoms with van der Waals surface area (Å²) in [5.41, 5.74) is 5.05.